The summed E-state index contributed by atoms with van der Waals surface area (Å²) in [6, 6.07) is 8.04. The number of aromatic nitrogens is 1. The van der Waals surface area contributed by atoms with Gasteiger partial charge in [0.05, 0.1) is 6.04 Å². The third-order valence-corrected chi connectivity index (χ3v) is 6.27. The average molecular weight is 469 g/mol. The van der Waals surface area contributed by atoms with E-state index in [0.29, 0.717) is 25.1 Å². The van der Waals surface area contributed by atoms with Crippen LogP contribution in [0.2, 0.25) is 0 Å². The smallest absolute Gasteiger partial charge is 0.274 e. The monoisotopic (exact) mass is 469 g/mol. The maximum Gasteiger partial charge on any atom is 0.274 e. The molecule has 1 aromatic heterocycles. The molecule has 5 rings (SSSR count). The number of nitrogens with zero attached hydrogens (tertiary/aromatic N) is 2. The van der Waals surface area contributed by atoms with Gasteiger partial charge in [-0.2, -0.15) is 0 Å². The van der Waals surface area contributed by atoms with Crippen LogP contribution >= 0.6 is 0 Å². The Bertz CT molecular complexity index is 1400. The maximum absolute atomic E-state index is 13.9. The standard InChI is InChI=1S/C24H18F3N3O4/c25-13-7-17(26)15(18(27)8-13)9-28-23(33)16-10-30-19-11-29(24(34)20(30)22(32)21(16)31)6-5-12-3-1-2-4-14(12)19/h1-4,7-8,10,19,32H,5-6,9,11H2,(H,28,33)/t19-/m1/s1. The number of rotatable bonds is 3. The van der Waals surface area contributed by atoms with E-state index in [1.54, 1.807) is 4.90 Å². The zero-order chi connectivity index (χ0) is 24.1. The number of carbonyl (C=O) groups excluding carboxylic acids is 2. The molecule has 2 aliphatic rings. The van der Waals surface area contributed by atoms with Gasteiger partial charge >= 0.3 is 0 Å². The predicted molar refractivity (Wildman–Crippen MR) is 114 cm³/mol. The lowest BCUT2D eigenvalue weighted by molar-refractivity contribution is 0.0686. The molecular weight excluding hydrogens is 451 g/mol. The van der Waals surface area contributed by atoms with E-state index in [1.165, 1.54) is 10.8 Å². The van der Waals surface area contributed by atoms with Crippen LogP contribution in [0.15, 0.2) is 47.4 Å². The lowest BCUT2D eigenvalue weighted by Gasteiger charge is -2.35. The quantitative estimate of drug-likeness (QED) is 0.617. The highest BCUT2D eigenvalue weighted by molar-refractivity contribution is 5.99. The Morgan fingerprint density at radius 1 is 1.12 bits per heavy atom. The Balaban J connectivity index is 1.55. The molecule has 0 saturated heterocycles. The van der Waals surface area contributed by atoms with Crippen LogP contribution in [0.4, 0.5) is 13.2 Å². The molecule has 0 aliphatic carbocycles. The number of fused-ring (bicyclic) bond motifs is 6. The van der Waals surface area contributed by atoms with Crippen molar-refractivity contribution in [1.29, 1.82) is 0 Å². The third kappa shape index (κ3) is 3.42. The minimum atomic E-state index is -1.19. The van der Waals surface area contributed by atoms with Gasteiger partial charge in [0, 0.05) is 43.5 Å². The lowest BCUT2D eigenvalue weighted by atomic mass is 9.97. The summed E-state index contributed by atoms with van der Waals surface area (Å²) in [7, 11) is 0. The number of halogens is 3. The molecule has 34 heavy (non-hydrogen) atoms. The van der Waals surface area contributed by atoms with E-state index in [9.17, 15) is 32.7 Å². The molecule has 0 unspecified atom stereocenters. The highest BCUT2D eigenvalue weighted by Crippen LogP contribution is 2.34. The first-order valence-corrected chi connectivity index (χ1v) is 10.5. The molecule has 7 nitrogen and oxygen atoms in total. The van der Waals surface area contributed by atoms with E-state index >= 15 is 0 Å². The van der Waals surface area contributed by atoms with E-state index in [2.05, 4.69) is 5.32 Å². The van der Waals surface area contributed by atoms with Gasteiger partial charge in [0.1, 0.15) is 23.0 Å². The van der Waals surface area contributed by atoms with E-state index < -0.39 is 64.2 Å². The Labute approximate surface area is 191 Å². The Hall–Kier alpha value is -4.08. The Morgan fingerprint density at radius 2 is 1.82 bits per heavy atom. The fourth-order valence-electron chi connectivity index (χ4n) is 4.56. The number of nitrogens with one attached hydrogen (secondary N) is 1. The molecule has 0 fully saturated rings. The van der Waals surface area contributed by atoms with Gasteiger partial charge in [-0.1, -0.05) is 24.3 Å². The lowest BCUT2D eigenvalue weighted by Crippen LogP contribution is -2.45. The molecule has 0 saturated carbocycles. The number of aromatic hydroxyl groups is 1. The van der Waals surface area contributed by atoms with Crippen molar-refractivity contribution in [1.82, 2.24) is 14.8 Å². The van der Waals surface area contributed by atoms with Crippen molar-refractivity contribution in [2.75, 3.05) is 13.1 Å². The third-order valence-electron chi connectivity index (χ3n) is 6.27. The largest absolute Gasteiger partial charge is 0.503 e. The van der Waals surface area contributed by atoms with Gasteiger partial charge in [-0.3, -0.25) is 14.4 Å². The molecule has 3 heterocycles. The molecule has 174 valence electrons. The number of carbonyl (C=O) groups is 2. The van der Waals surface area contributed by atoms with Crippen LogP contribution in [0.25, 0.3) is 0 Å². The van der Waals surface area contributed by atoms with Gasteiger partial charge in [-0.05, 0) is 17.5 Å². The maximum atomic E-state index is 13.9. The Morgan fingerprint density at radius 3 is 2.56 bits per heavy atom. The molecule has 2 bridgehead atoms. The van der Waals surface area contributed by atoms with Crippen LogP contribution < -0.4 is 10.7 Å². The summed E-state index contributed by atoms with van der Waals surface area (Å²) in [4.78, 5) is 40.1. The Kier molecular flexibility index (Phi) is 5.15. The van der Waals surface area contributed by atoms with Crippen LogP contribution in [-0.4, -0.2) is 39.5 Å². The summed E-state index contributed by atoms with van der Waals surface area (Å²) in [6.45, 7) is 0.0485. The summed E-state index contributed by atoms with van der Waals surface area (Å²) in [5, 5.41) is 12.8. The van der Waals surface area contributed by atoms with Crippen LogP contribution in [0.5, 0.6) is 5.75 Å². The van der Waals surface area contributed by atoms with Gasteiger partial charge < -0.3 is 19.9 Å². The molecule has 2 amide bonds. The number of pyridine rings is 1. The zero-order valence-electron chi connectivity index (χ0n) is 17.6. The minimum Gasteiger partial charge on any atom is -0.503 e. The molecule has 1 atom stereocenters. The van der Waals surface area contributed by atoms with Crippen molar-refractivity contribution in [2.45, 2.75) is 19.0 Å². The van der Waals surface area contributed by atoms with Gasteiger partial charge in [0.15, 0.2) is 11.4 Å². The first kappa shape index (κ1) is 21.7. The SMILES string of the molecule is O=C(NCc1c(F)cc(F)cc1F)c1cn2c(c(O)c1=O)C(=O)N1CCc3ccccc3[C@H]2C1. The van der Waals surface area contributed by atoms with Crippen molar-refractivity contribution in [3.8, 4) is 5.75 Å². The van der Waals surface area contributed by atoms with Crippen molar-refractivity contribution in [2.24, 2.45) is 0 Å². The highest BCUT2D eigenvalue weighted by atomic mass is 19.1. The second kappa shape index (κ2) is 8.05. The molecule has 2 aliphatic heterocycles. The zero-order valence-corrected chi connectivity index (χ0v) is 17.6. The number of hydrogen-bond donors (Lipinski definition) is 2. The van der Waals surface area contributed by atoms with Gasteiger partial charge in [0.25, 0.3) is 11.8 Å². The van der Waals surface area contributed by atoms with E-state index in [-0.39, 0.29) is 12.2 Å². The summed E-state index contributed by atoms with van der Waals surface area (Å²) in [5.74, 6) is -5.89. The topological polar surface area (TPSA) is 91.6 Å². The molecule has 3 aromatic rings. The molecule has 0 radical (unpaired) electrons. The summed E-state index contributed by atoms with van der Waals surface area (Å²) in [6.07, 6.45) is 1.78. The number of hydrogen-bond acceptors (Lipinski definition) is 4. The minimum absolute atomic E-state index is 0.217. The first-order chi connectivity index (χ1) is 16.3. The van der Waals surface area contributed by atoms with E-state index in [0.717, 1.165) is 11.1 Å². The van der Waals surface area contributed by atoms with Crippen LogP contribution in [0, 0.1) is 17.5 Å². The molecule has 0 spiro atoms. The van der Waals surface area contributed by atoms with Gasteiger partial charge in [0.2, 0.25) is 5.43 Å². The van der Waals surface area contributed by atoms with Crippen LogP contribution in [-0.2, 0) is 13.0 Å². The number of amides is 2. The molecule has 2 N–H and O–H groups in total. The fraction of sp³-hybridized carbons (Fsp3) is 0.208. The second-order valence-electron chi connectivity index (χ2n) is 8.22. The summed E-state index contributed by atoms with van der Waals surface area (Å²) < 4.78 is 42.4. The van der Waals surface area contributed by atoms with Gasteiger partial charge in [-0.25, -0.2) is 13.2 Å². The van der Waals surface area contributed by atoms with E-state index in [1.807, 2.05) is 24.3 Å². The predicted octanol–water partition coefficient (Wildman–Crippen LogP) is 2.50. The number of benzene rings is 2. The normalized spacial score (nSPS) is 16.5. The van der Waals surface area contributed by atoms with Gasteiger partial charge in [-0.15, -0.1) is 0 Å². The highest BCUT2D eigenvalue weighted by Gasteiger charge is 2.38. The average Bonchev–Trinajstić information content (AvgIpc) is 2.97. The molecule has 10 heteroatoms. The van der Waals surface area contributed by atoms with E-state index in [4.69, 9.17) is 0 Å². The second-order valence-corrected chi connectivity index (χ2v) is 8.22. The van der Waals surface area contributed by atoms with Crippen molar-refractivity contribution < 1.29 is 27.9 Å². The summed E-state index contributed by atoms with van der Waals surface area (Å²) in [5.41, 5.74) is -0.478. The van der Waals surface area contributed by atoms with Crippen LogP contribution in [0.1, 0.15) is 43.6 Å². The van der Waals surface area contributed by atoms with Crippen molar-refractivity contribution >= 4 is 11.8 Å². The molecular formula is C24H18F3N3O4. The van der Waals surface area contributed by atoms with Crippen LogP contribution in [0.3, 0.4) is 0 Å². The fourth-order valence-corrected chi connectivity index (χ4v) is 4.56. The van der Waals surface area contributed by atoms with Crippen molar-refractivity contribution in [3.05, 3.63) is 98.2 Å². The molecule has 2 aromatic carbocycles. The first-order valence-electron chi connectivity index (χ1n) is 10.5. The summed E-state index contributed by atoms with van der Waals surface area (Å²) >= 11 is 0. The van der Waals surface area contributed by atoms with Crippen molar-refractivity contribution in [3.63, 3.8) is 0 Å².